The van der Waals surface area contributed by atoms with Gasteiger partial charge in [0.25, 0.3) is 0 Å². The molecule has 1 unspecified atom stereocenters. The van der Waals surface area contributed by atoms with Crippen LogP contribution >= 0.6 is 0 Å². The minimum atomic E-state index is -0.0134. The predicted molar refractivity (Wildman–Crippen MR) is 66.5 cm³/mol. The van der Waals surface area contributed by atoms with Crippen LogP contribution in [0.25, 0.3) is 0 Å². The zero-order chi connectivity index (χ0) is 13.1. The van der Waals surface area contributed by atoms with E-state index in [1.54, 1.807) is 0 Å². The number of carbonyl (C=O) groups excluding carboxylic acids is 2. The molecule has 0 aromatic carbocycles. The third kappa shape index (κ3) is 11.2. The summed E-state index contributed by atoms with van der Waals surface area (Å²) in [5, 5.41) is 14.2. The Hall–Kier alpha value is -1.10. The van der Waals surface area contributed by atoms with E-state index in [-0.39, 0.29) is 24.5 Å². The Balaban J connectivity index is 3.36. The van der Waals surface area contributed by atoms with Crippen molar-refractivity contribution in [3.05, 3.63) is 0 Å². The van der Waals surface area contributed by atoms with Crippen molar-refractivity contribution in [3.8, 4) is 0 Å². The molecule has 1 atom stereocenters. The van der Waals surface area contributed by atoms with E-state index in [4.69, 9.17) is 5.11 Å². The molecule has 0 aliphatic heterocycles. The largest absolute Gasteiger partial charge is 0.396 e. The first-order valence-electron chi connectivity index (χ1n) is 6.21. The molecule has 0 aromatic rings. The van der Waals surface area contributed by atoms with E-state index in [1.165, 1.54) is 6.92 Å². The van der Waals surface area contributed by atoms with Crippen molar-refractivity contribution in [1.82, 2.24) is 10.6 Å². The molecule has 0 aromatic heterocycles. The van der Waals surface area contributed by atoms with Gasteiger partial charge in [-0.15, -0.1) is 0 Å². The molecular formula is C12H24N2O3. The summed E-state index contributed by atoms with van der Waals surface area (Å²) in [6.07, 6.45) is 3.77. The summed E-state index contributed by atoms with van der Waals surface area (Å²) in [6.45, 7) is 4.15. The highest BCUT2D eigenvalue weighted by molar-refractivity contribution is 5.76. The molecule has 3 N–H and O–H groups in total. The predicted octanol–water partition coefficient (Wildman–Crippen LogP) is 0.570. The lowest BCUT2D eigenvalue weighted by Crippen LogP contribution is -2.32. The second kappa shape index (κ2) is 10.1. The van der Waals surface area contributed by atoms with Crippen LogP contribution in [0, 0.1) is 0 Å². The summed E-state index contributed by atoms with van der Waals surface area (Å²) < 4.78 is 0. The van der Waals surface area contributed by atoms with Gasteiger partial charge in [-0.05, 0) is 26.2 Å². The molecule has 0 bridgehead atoms. The summed E-state index contributed by atoms with van der Waals surface area (Å²) in [4.78, 5) is 22.0. The minimum absolute atomic E-state index is 0.0134. The summed E-state index contributed by atoms with van der Waals surface area (Å²) >= 11 is 0. The van der Waals surface area contributed by atoms with E-state index in [9.17, 15) is 9.59 Å². The van der Waals surface area contributed by atoms with Crippen molar-refractivity contribution < 1.29 is 14.7 Å². The quantitative estimate of drug-likeness (QED) is 0.519. The van der Waals surface area contributed by atoms with Crippen molar-refractivity contribution in [1.29, 1.82) is 0 Å². The van der Waals surface area contributed by atoms with Gasteiger partial charge in [0.2, 0.25) is 11.8 Å². The Morgan fingerprint density at radius 3 is 2.53 bits per heavy atom. The minimum Gasteiger partial charge on any atom is -0.396 e. The molecule has 0 rings (SSSR count). The highest BCUT2D eigenvalue weighted by atomic mass is 16.3. The zero-order valence-corrected chi connectivity index (χ0v) is 10.8. The fraction of sp³-hybridized carbons (Fsp3) is 0.833. The molecule has 0 radical (unpaired) electrons. The smallest absolute Gasteiger partial charge is 0.220 e. The molecular weight excluding hydrogens is 220 g/mol. The highest BCUT2D eigenvalue weighted by Crippen LogP contribution is 2.00. The van der Waals surface area contributed by atoms with Gasteiger partial charge >= 0.3 is 0 Å². The molecule has 0 aliphatic carbocycles. The summed E-state index contributed by atoms with van der Waals surface area (Å²) in [7, 11) is 0. The highest BCUT2D eigenvalue weighted by Gasteiger charge is 2.05. The van der Waals surface area contributed by atoms with Crippen LogP contribution < -0.4 is 10.6 Å². The van der Waals surface area contributed by atoms with Crippen LogP contribution in [-0.4, -0.2) is 36.1 Å². The third-order valence-corrected chi connectivity index (χ3v) is 2.42. The number of amides is 2. The Morgan fingerprint density at radius 1 is 1.24 bits per heavy atom. The van der Waals surface area contributed by atoms with Crippen molar-refractivity contribution in [2.24, 2.45) is 0 Å². The maximum Gasteiger partial charge on any atom is 0.220 e. The number of carbonyl (C=O) groups is 2. The lowest BCUT2D eigenvalue weighted by atomic mass is 10.1. The van der Waals surface area contributed by atoms with Crippen LogP contribution in [0.3, 0.4) is 0 Å². The number of nitrogens with one attached hydrogen (secondary N) is 2. The van der Waals surface area contributed by atoms with Crippen molar-refractivity contribution in [2.75, 3.05) is 13.2 Å². The van der Waals surface area contributed by atoms with Gasteiger partial charge in [-0.2, -0.15) is 0 Å². The zero-order valence-electron chi connectivity index (χ0n) is 10.8. The first kappa shape index (κ1) is 15.9. The van der Waals surface area contributed by atoms with Crippen molar-refractivity contribution >= 4 is 11.8 Å². The Bertz CT molecular complexity index is 232. The molecule has 5 heteroatoms. The van der Waals surface area contributed by atoms with Crippen molar-refractivity contribution in [3.63, 3.8) is 0 Å². The molecule has 0 saturated carbocycles. The number of aliphatic hydroxyl groups is 1. The molecule has 0 fully saturated rings. The molecule has 0 aliphatic rings. The fourth-order valence-corrected chi connectivity index (χ4v) is 1.46. The van der Waals surface area contributed by atoms with Crippen LogP contribution in [-0.2, 0) is 9.59 Å². The van der Waals surface area contributed by atoms with Gasteiger partial charge in [-0.3, -0.25) is 9.59 Å². The van der Waals surface area contributed by atoms with Crippen LogP contribution in [0.2, 0.25) is 0 Å². The topological polar surface area (TPSA) is 78.4 Å². The standard InChI is InChI=1S/C12H24N2O3/c1-10(7-9-15)14-12(17)6-4-3-5-8-13-11(2)16/h10,15H,3-9H2,1-2H3,(H,13,16)(H,14,17). The average molecular weight is 244 g/mol. The SMILES string of the molecule is CC(=O)NCCCCCC(=O)NC(C)CCO. The normalized spacial score (nSPS) is 11.9. The monoisotopic (exact) mass is 244 g/mol. The van der Waals surface area contributed by atoms with Crippen LogP contribution in [0.4, 0.5) is 0 Å². The molecule has 100 valence electrons. The fourth-order valence-electron chi connectivity index (χ4n) is 1.46. The maximum atomic E-state index is 11.4. The van der Waals surface area contributed by atoms with Gasteiger partial charge in [0.15, 0.2) is 0 Å². The number of unbranched alkanes of at least 4 members (excludes halogenated alkanes) is 2. The molecule has 2 amide bonds. The van der Waals surface area contributed by atoms with Crippen LogP contribution in [0.15, 0.2) is 0 Å². The average Bonchev–Trinajstić information content (AvgIpc) is 2.23. The lowest BCUT2D eigenvalue weighted by molar-refractivity contribution is -0.122. The Labute approximate surface area is 103 Å². The van der Waals surface area contributed by atoms with E-state index in [0.717, 1.165) is 19.3 Å². The maximum absolute atomic E-state index is 11.4. The van der Waals surface area contributed by atoms with E-state index >= 15 is 0 Å². The van der Waals surface area contributed by atoms with E-state index in [1.807, 2.05) is 6.92 Å². The van der Waals surface area contributed by atoms with Gasteiger partial charge in [0.05, 0.1) is 0 Å². The number of aliphatic hydroxyl groups excluding tert-OH is 1. The van der Waals surface area contributed by atoms with Gasteiger partial charge in [0.1, 0.15) is 0 Å². The van der Waals surface area contributed by atoms with E-state index in [2.05, 4.69) is 10.6 Å². The first-order valence-corrected chi connectivity index (χ1v) is 6.21. The molecule has 5 nitrogen and oxygen atoms in total. The van der Waals surface area contributed by atoms with Gasteiger partial charge < -0.3 is 15.7 Å². The second-order valence-electron chi connectivity index (χ2n) is 4.27. The Morgan fingerprint density at radius 2 is 1.94 bits per heavy atom. The summed E-state index contributed by atoms with van der Waals surface area (Å²) in [5.74, 6) is 0.0195. The molecule has 0 spiro atoms. The third-order valence-electron chi connectivity index (χ3n) is 2.42. The molecule has 17 heavy (non-hydrogen) atoms. The first-order chi connectivity index (χ1) is 8.06. The lowest BCUT2D eigenvalue weighted by Gasteiger charge is -2.12. The molecule has 0 heterocycles. The van der Waals surface area contributed by atoms with Crippen LogP contribution in [0.1, 0.15) is 46.0 Å². The van der Waals surface area contributed by atoms with Gasteiger partial charge in [0, 0.05) is 32.5 Å². The Kier molecular flexibility index (Phi) is 9.43. The van der Waals surface area contributed by atoms with E-state index in [0.29, 0.717) is 19.4 Å². The van der Waals surface area contributed by atoms with Crippen molar-refractivity contribution in [2.45, 2.75) is 52.0 Å². The van der Waals surface area contributed by atoms with Crippen LogP contribution in [0.5, 0.6) is 0 Å². The second-order valence-corrected chi connectivity index (χ2v) is 4.27. The summed E-state index contributed by atoms with van der Waals surface area (Å²) in [5.41, 5.74) is 0. The van der Waals surface area contributed by atoms with Gasteiger partial charge in [-0.1, -0.05) is 6.42 Å². The van der Waals surface area contributed by atoms with E-state index < -0.39 is 0 Å². The summed E-state index contributed by atoms with van der Waals surface area (Å²) in [6, 6.07) is 0.0341. The molecule has 0 saturated heterocycles. The number of hydrogen-bond acceptors (Lipinski definition) is 3. The number of hydrogen-bond donors (Lipinski definition) is 3. The van der Waals surface area contributed by atoms with Gasteiger partial charge in [-0.25, -0.2) is 0 Å². The number of rotatable bonds is 9.